The number of anilines is 1. The van der Waals surface area contributed by atoms with Crippen LogP contribution in [-0.4, -0.2) is 12.0 Å². The molecule has 110 valence electrons. The van der Waals surface area contributed by atoms with Crippen LogP contribution in [0.5, 0.6) is 5.75 Å². The number of carbonyl (C=O) groups is 1. The molecular weight excluding hydrogens is 283 g/mol. The molecule has 0 aromatic heterocycles. The maximum absolute atomic E-state index is 13.0. The molecular formula is C15H12F3NO2. The highest BCUT2D eigenvalue weighted by Gasteiger charge is 2.15. The van der Waals surface area contributed by atoms with Crippen LogP contribution in [0.15, 0.2) is 42.5 Å². The van der Waals surface area contributed by atoms with E-state index < -0.39 is 29.5 Å². The molecule has 0 unspecified atom stereocenters. The smallest absolute Gasteiger partial charge is 0.265 e. The minimum Gasteiger partial charge on any atom is -0.481 e. The zero-order valence-electron chi connectivity index (χ0n) is 11.1. The molecule has 21 heavy (non-hydrogen) atoms. The van der Waals surface area contributed by atoms with E-state index in [1.54, 1.807) is 0 Å². The summed E-state index contributed by atoms with van der Waals surface area (Å²) in [6.07, 6.45) is -0.886. The summed E-state index contributed by atoms with van der Waals surface area (Å²) in [6.45, 7) is 1.48. The van der Waals surface area contributed by atoms with E-state index in [9.17, 15) is 18.0 Å². The van der Waals surface area contributed by atoms with Crippen molar-refractivity contribution in [3.05, 3.63) is 59.9 Å². The van der Waals surface area contributed by atoms with Gasteiger partial charge in [0.1, 0.15) is 11.6 Å². The van der Waals surface area contributed by atoms with Crippen LogP contribution >= 0.6 is 0 Å². The number of halogens is 3. The summed E-state index contributed by atoms with van der Waals surface area (Å²) in [5, 5.41) is 2.40. The molecule has 2 aromatic carbocycles. The molecule has 0 aliphatic heterocycles. The summed E-state index contributed by atoms with van der Waals surface area (Å²) < 4.78 is 43.8. The fraction of sp³-hybridized carbons (Fsp3) is 0.133. The third kappa shape index (κ3) is 3.98. The summed E-state index contributed by atoms with van der Waals surface area (Å²) in [5.41, 5.74) is 0.119. The number of rotatable bonds is 4. The zero-order valence-corrected chi connectivity index (χ0v) is 11.1. The summed E-state index contributed by atoms with van der Waals surface area (Å²) in [6, 6.07) is 8.20. The van der Waals surface area contributed by atoms with E-state index in [0.29, 0.717) is 5.75 Å². The molecule has 2 aromatic rings. The van der Waals surface area contributed by atoms with Crippen molar-refractivity contribution in [3.63, 3.8) is 0 Å². The largest absolute Gasteiger partial charge is 0.481 e. The van der Waals surface area contributed by atoms with E-state index in [2.05, 4.69) is 5.32 Å². The first-order chi connectivity index (χ1) is 9.95. The Balaban J connectivity index is 1.98. The first-order valence-corrected chi connectivity index (χ1v) is 6.14. The summed E-state index contributed by atoms with van der Waals surface area (Å²) in [4.78, 5) is 11.9. The molecule has 0 aliphatic rings. The normalized spacial score (nSPS) is 11.8. The Morgan fingerprint density at radius 2 is 1.71 bits per heavy atom. The molecule has 0 fully saturated rings. The lowest BCUT2D eigenvalue weighted by molar-refractivity contribution is -0.122. The van der Waals surface area contributed by atoms with Crippen molar-refractivity contribution in [3.8, 4) is 5.75 Å². The molecule has 0 heterocycles. The van der Waals surface area contributed by atoms with Gasteiger partial charge in [-0.1, -0.05) is 0 Å². The van der Waals surface area contributed by atoms with Crippen LogP contribution in [0.1, 0.15) is 6.92 Å². The van der Waals surface area contributed by atoms with Crippen LogP contribution in [0.2, 0.25) is 0 Å². The predicted octanol–water partition coefficient (Wildman–Crippen LogP) is 3.51. The maximum Gasteiger partial charge on any atom is 0.265 e. The second-order valence-corrected chi connectivity index (χ2v) is 4.33. The van der Waals surface area contributed by atoms with Gasteiger partial charge in [0.2, 0.25) is 0 Å². The SMILES string of the molecule is C[C@H](Oc1ccc(F)cc1)C(=O)Nc1ccc(F)c(F)c1. The van der Waals surface area contributed by atoms with Gasteiger partial charge < -0.3 is 10.1 Å². The Hall–Kier alpha value is -2.50. The van der Waals surface area contributed by atoms with E-state index in [-0.39, 0.29) is 5.69 Å². The van der Waals surface area contributed by atoms with Crippen LogP contribution in [-0.2, 0) is 4.79 Å². The Morgan fingerprint density at radius 3 is 2.33 bits per heavy atom. The number of hydrogen-bond acceptors (Lipinski definition) is 2. The minimum atomic E-state index is -1.06. The van der Waals surface area contributed by atoms with E-state index in [0.717, 1.165) is 12.1 Å². The maximum atomic E-state index is 13.0. The van der Waals surface area contributed by atoms with Gasteiger partial charge in [0.05, 0.1) is 0 Å². The Kier molecular flexibility index (Phi) is 4.47. The minimum absolute atomic E-state index is 0.119. The zero-order chi connectivity index (χ0) is 15.4. The Morgan fingerprint density at radius 1 is 1.05 bits per heavy atom. The third-order valence-corrected chi connectivity index (χ3v) is 2.68. The Bertz CT molecular complexity index is 644. The van der Waals surface area contributed by atoms with Crippen LogP contribution in [0.25, 0.3) is 0 Å². The summed E-state index contributed by atoms with van der Waals surface area (Å²) in [5.74, 6) is -2.68. The quantitative estimate of drug-likeness (QED) is 0.937. The van der Waals surface area contributed by atoms with Crippen LogP contribution < -0.4 is 10.1 Å². The van der Waals surface area contributed by atoms with E-state index in [1.165, 1.54) is 37.3 Å². The van der Waals surface area contributed by atoms with Gasteiger partial charge in [0, 0.05) is 11.8 Å². The molecule has 0 saturated carbocycles. The van der Waals surface area contributed by atoms with E-state index >= 15 is 0 Å². The molecule has 3 nitrogen and oxygen atoms in total. The number of hydrogen-bond donors (Lipinski definition) is 1. The van der Waals surface area contributed by atoms with Crippen LogP contribution in [0, 0.1) is 17.5 Å². The first-order valence-electron chi connectivity index (χ1n) is 6.14. The predicted molar refractivity (Wildman–Crippen MR) is 71.5 cm³/mol. The lowest BCUT2D eigenvalue weighted by Gasteiger charge is -2.14. The second kappa shape index (κ2) is 6.30. The highest BCUT2D eigenvalue weighted by molar-refractivity contribution is 5.94. The number of ether oxygens (including phenoxy) is 1. The molecule has 0 aliphatic carbocycles. The van der Waals surface area contributed by atoms with E-state index in [4.69, 9.17) is 4.74 Å². The highest BCUT2D eigenvalue weighted by Crippen LogP contribution is 2.16. The van der Waals surface area contributed by atoms with Crippen molar-refractivity contribution >= 4 is 11.6 Å². The third-order valence-electron chi connectivity index (χ3n) is 2.68. The van der Waals surface area contributed by atoms with Crippen molar-refractivity contribution in [2.45, 2.75) is 13.0 Å². The van der Waals surface area contributed by atoms with Crippen molar-refractivity contribution < 1.29 is 22.7 Å². The monoisotopic (exact) mass is 295 g/mol. The van der Waals surface area contributed by atoms with Crippen molar-refractivity contribution in [2.75, 3.05) is 5.32 Å². The van der Waals surface area contributed by atoms with Crippen LogP contribution in [0.4, 0.5) is 18.9 Å². The summed E-state index contributed by atoms with van der Waals surface area (Å²) in [7, 11) is 0. The standard InChI is InChI=1S/C15H12F3NO2/c1-9(21-12-5-2-10(16)3-6-12)15(20)19-11-4-7-13(17)14(18)8-11/h2-9H,1H3,(H,19,20)/t9-/m0/s1. The van der Waals surface area contributed by atoms with Crippen molar-refractivity contribution in [1.29, 1.82) is 0 Å². The Labute approximate surface area is 119 Å². The number of benzene rings is 2. The van der Waals surface area contributed by atoms with Crippen molar-refractivity contribution in [1.82, 2.24) is 0 Å². The molecule has 2 rings (SSSR count). The van der Waals surface area contributed by atoms with Crippen molar-refractivity contribution in [2.24, 2.45) is 0 Å². The van der Waals surface area contributed by atoms with Gasteiger partial charge in [0.25, 0.3) is 5.91 Å². The second-order valence-electron chi connectivity index (χ2n) is 4.33. The van der Waals surface area contributed by atoms with Gasteiger partial charge in [0.15, 0.2) is 17.7 Å². The van der Waals surface area contributed by atoms with E-state index in [1.807, 2.05) is 0 Å². The first kappa shape index (κ1) is 14.9. The lowest BCUT2D eigenvalue weighted by atomic mass is 10.2. The average molecular weight is 295 g/mol. The number of amides is 1. The van der Waals surface area contributed by atoms with Gasteiger partial charge in [-0.05, 0) is 43.3 Å². The molecule has 1 atom stereocenters. The lowest BCUT2D eigenvalue weighted by Crippen LogP contribution is -2.30. The fourth-order valence-corrected chi connectivity index (χ4v) is 1.59. The molecule has 1 amide bonds. The van der Waals surface area contributed by atoms with Gasteiger partial charge in [-0.3, -0.25) is 4.79 Å². The van der Waals surface area contributed by atoms with Gasteiger partial charge in [-0.2, -0.15) is 0 Å². The summed E-state index contributed by atoms with van der Waals surface area (Å²) >= 11 is 0. The number of nitrogens with one attached hydrogen (secondary N) is 1. The van der Waals surface area contributed by atoms with Gasteiger partial charge >= 0.3 is 0 Å². The molecule has 6 heteroatoms. The number of carbonyl (C=O) groups excluding carboxylic acids is 1. The van der Waals surface area contributed by atoms with Crippen LogP contribution in [0.3, 0.4) is 0 Å². The molecule has 0 saturated heterocycles. The fourth-order valence-electron chi connectivity index (χ4n) is 1.59. The molecule has 1 N–H and O–H groups in total. The highest BCUT2D eigenvalue weighted by atomic mass is 19.2. The molecule has 0 bridgehead atoms. The van der Waals surface area contributed by atoms with Gasteiger partial charge in [-0.15, -0.1) is 0 Å². The molecule has 0 spiro atoms. The molecule has 0 radical (unpaired) electrons. The average Bonchev–Trinajstić information content (AvgIpc) is 2.45. The van der Waals surface area contributed by atoms with Gasteiger partial charge in [-0.25, -0.2) is 13.2 Å². The topological polar surface area (TPSA) is 38.3 Å².